The normalized spacial score (nSPS) is 10.3. The lowest BCUT2D eigenvalue weighted by Crippen LogP contribution is -2.18. The lowest BCUT2D eigenvalue weighted by atomic mass is 10.1. The fourth-order valence-electron chi connectivity index (χ4n) is 2.06. The molecular weight excluding hydrogens is 271 g/mol. The van der Waals surface area contributed by atoms with Gasteiger partial charge in [-0.2, -0.15) is 0 Å². The van der Waals surface area contributed by atoms with Crippen LogP contribution < -0.4 is 10.6 Å². The molecule has 0 aliphatic carbocycles. The molecule has 4 heteroatoms. The predicted octanol–water partition coefficient (Wildman–Crippen LogP) is 3.40. The van der Waals surface area contributed by atoms with E-state index in [4.69, 9.17) is 18.0 Å². The van der Waals surface area contributed by atoms with Gasteiger partial charge in [0.25, 0.3) is 0 Å². The summed E-state index contributed by atoms with van der Waals surface area (Å²) in [5, 5.41) is 0. The highest BCUT2D eigenvalue weighted by molar-refractivity contribution is 7.80. The molecule has 2 nitrogen and oxygen atoms in total. The Bertz CT molecular complexity index is 640. The van der Waals surface area contributed by atoms with Crippen LogP contribution in [0, 0.1) is 12.7 Å². The Morgan fingerprint density at radius 3 is 2.65 bits per heavy atom. The first kappa shape index (κ1) is 14.5. The van der Waals surface area contributed by atoms with Crippen LogP contribution in [0.4, 0.5) is 10.1 Å². The van der Waals surface area contributed by atoms with Gasteiger partial charge in [-0.3, -0.25) is 0 Å². The maximum Gasteiger partial charge on any atom is 0.128 e. The van der Waals surface area contributed by atoms with Crippen LogP contribution >= 0.6 is 12.2 Å². The van der Waals surface area contributed by atoms with Crippen molar-refractivity contribution in [2.24, 2.45) is 5.73 Å². The number of nitrogens with zero attached hydrogens (tertiary/aromatic N) is 1. The first-order valence-corrected chi connectivity index (χ1v) is 6.74. The fraction of sp³-hybridized carbons (Fsp3) is 0.188. The van der Waals surface area contributed by atoms with E-state index < -0.39 is 0 Å². The smallest absolute Gasteiger partial charge is 0.128 e. The van der Waals surface area contributed by atoms with E-state index in [1.54, 1.807) is 12.1 Å². The number of hydrogen-bond donors (Lipinski definition) is 1. The summed E-state index contributed by atoms with van der Waals surface area (Å²) in [5.41, 5.74) is 9.08. The topological polar surface area (TPSA) is 29.3 Å². The molecule has 20 heavy (non-hydrogen) atoms. The Balaban J connectivity index is 2.25. The molecule has 0 heterocycles. The number of rotatable bonds is 4. The van der Waals surface area contributed by atoms with Crippen molar-refractivity contribution in [1.82, 2.24) is 0 Å². The zero-order valence-electron chi connectivity index (χ0n) is 11.6. The Morgan fingerprint density at radius 1 is 1.25 bits per heavy atom. The van der Waals surface area contributed by atoms with Crippen molar-refractivity contribution < 1.29 is 4.39 Å². The van der Waals surface area contributed by atoms with Crippen LogP contribution in [-0.2, 0) is 6.54 Å². The average molecular weight is 288 g/mol. The van der Waals surface area contributed by atoms with Gasteiger partial charge in [-0.15, -0.1) is 0 Å². The van der Waals surface area contributed by atoms with Crippen LogP contribution in [0.1, 0.15) is 16.7 Å². The summed E-state index contributed by atoms with van der Waals surface area (Å²) in [5.74, 6) is -0.246. The van der Waals surface area contributed by atoms with Crippen molar-refractivity contribution in [2.75, 3.05) is 11.9 Å². The van der Waals surface area contributed by atoms with Crippen molar-refractivity contribution in [3.63, 3.8) is 0 Å². The lowest BCUT2D eigenvalue weighted by Gasteiger charge is -2.20. The van der Waals surface area contributed by atoms with Gasteiger partial charge < -0.3 is 10.6 Å². The van der Waals surface area contributed by atoms with E-state index >= 15 is 0 Å². The molecule has 0 aliphatic rings. The van der Waals surface area contributed by atoms with E-state index in [2.05, 4.69) is 6.07 Å². The van der Waals surface area contributed by atoms with E-state index in [9.17, 15) is 4.39 Å². The van der Waals surface area contributed by atoms with Crippen LogP contribution in [0.3, 0.4) is 0 Å². The fourth-order valence-corrected chi connectivity index (χ4v) is 2.19. The SMILES string of the molecule is Cc1cccc(N(C)Cc2cc(C(N)=S)ccc2F)c1. The average Bonchev–Trinajstić information content (AvgIpc) is 2.41. The van der Waals surface area contributed by atoms with Crippen LogP contribution in [0.5, 0.6) is 0 Å². The third-order valence-corrected chi connectivity index (χ3v) is 3.42. The summed E-state index contributed by atoms with van der Waals surface area (Å²) in [6.07, 6.45) is 0. The monoisotopic (exact) mass is 288 g/mol. The minimum Gasteiger partial charge on any atom is -0.389 e. The zero-order valence-corrected chi connectivity index (χ0v) is 12.4. The highest BCUT2D eigenvalue weighted by atomic mass is 32.1. The number of aryl methyl sites for hydroxylation is 1. The molecule has 2 aromatic carbocycles. The maximum atomic E-state index is 13.9. The van der Waals surface area contributed by atoms with Gasteiger partial charge in [0.15, 0.2) is 0 Å². The molecule has 0 radical (unpaired) electrons. The number of benzene rings is 2. The summed E-state index contributed by atoms with van der Waals surface area (Å²) in [4.78, 5) is 2.28. The van der Waals surface area contributed by atoms with Crippen LogP contribution in [-0.4, -0.2) is 12.0 Å². The van der Waals surface area contributed by atoms with E-state index in [1.807, 2.05) is 37.1 Å². The number of halogens is 1. The number of nitrogens with two attached hydrogens (primary N) is 1. The van der Waals surface area contributed by atoms with Gasteiger partial charge in [0, 0.05) is 30.4 Å². The van der Waals surface area contributed by atoms with Gasteiger partial charge in [0.05, 0.1) is 0 Å². The maximum absolute atomic E-state index is 13.9. The summed E-state index contributed by atoms with van der Waals surface area (Å²) >= 11 is 4.93. The summed E-state index contributed by atoms with van der Waals surface area (Å²) < 4.78 is 13.9. The van der Waals surface area contributed by atoms with Gasteiger partial charge >= 0.3 is 0 Å². The van der Waals surface area contributed by atoms with Crippen molar-refractivity contribution >= 4 is 22.9 Å². The van der Waals surface area contributed by atoms with E-state index in [1.165, 1.54) is 11.6 Å². The molecular formula is C16H17FN2S. The first-order valence-electron chi connectivity index (χ1n) is 6.33. The van der Waals surface area contributed by atoms with Crippen LogP contribution in [0.15, 0.2) is 42.5 Å². The second-order valence-corrected chi connectivity index (χ2v) is 5.31. The van der Waals surface area contributed by atoms with Crippen molar-refractivity contribution in [2.45, 2.75) is 13.5 Å². The van der Waals surface area contributed by atoms with Gasteiger partial charge in [0.2, 0.25) is 0 Å². The molecule has 2 N–H and O–H groups in total. The molecule has 0 atom stereocenters. The third kappa shape index (κ3) is 3.33. The van der Waals surface area contributed by atoms with Gasteiger partial charge in [-0.25, -0.2) is 4.39 Å². The molecule has 0 saturated heterocycles. The molecule has 0 fully saturated rings. The van der Waals surface area contributed by atoms with E-state index in [0.29, 0.717) is 17.7 Å². The number of hydrogen-bond acceptors (Lipinski definition) is 2. The minimum atomic E-state index is -0.246. The van der Waals surface area contributed by atoms with Gasteiger partial charge in [-0.1, -0.05) is 24.4 Å². The third-order valence-electron chi connectivity index (χ3n) is 3.18. The number of anilines is 1. The Kier molecular flexibility index (Phi) is 4.35. The number of thiocarbonyl (C=S) groups is 1. The molecule has 0 bridgehead atoms. The highest BCUT2D eigenvalue weighted by Gasteiger charge is 2.09. The molecule has 2 rings (SSSR count). The van der Waals surface area contributed by atoms with Crippen molar-refractivity contribution in [1.29, 1.82) is 0 Å². The summed E-state index contributed by atoms with van der Waals surface area (Å²) in [6, 6.07) is 12.8. The summed E-state index contributed by atoms with van der Waals surface area (Å²) in [6.45, 7) is 2.50. The van der Waals surface area contributed by atoms with Gasteiger partial charge in [-0.05, 0) is 42.8 Å². The predicted molar refractivity (Wildman–Crippen MR) is 85.6 cm³/mol. The van der Waals surface area contributed by atoms with E-state index in [-0.39, 0.29) is 10.8 Å². The summed E-state index contributed by atoms with van der Waals surface area (Å²) in [7, 11) is 1.93. The molecule has 0 aliphatic heterocycles. The Hall–Kier alpha value is -1.94. The van der Waals surface area contributed by atoms with Crippen molar-refractivity contribution in [3.05, 3.63) is 65.0 Å². The minimum absolute atomic E-state index is 0.246. The largest absolute Gasteiger partial charge is 0.389 e. The van der Waals surface area contributed by atoms with E-state index in [0.717, 1.165) is 5.69 Å². The molecule has 0 aromatic heterocycles. The highest BCUT2D eigenvalue weighted by Crippen LogP contribution is 2.19. The van der Waals surface area contributed by atoms with Crippen LogP contribution in [0.2, 0.25) is 0 Å². The lowest BCUT2D eigenvalue weighted by molar-refractivity contribution is 0.608. The molecule has 0 spiro atoms. The Morgan fingerprint density at radius 2 is 2.00 bits per heavy atom. The molecule has 0 unspecified atom stereocenters. The Labute approximate surface area is 124 Å². The molecule has 104 valence electrons. The van der Waals surface area contributed by atoms with Crippen molar-refractivity contribution in [3.8, 4) is 0 Å². The zero-order chi connectivity index (χ0) is 14.7. The molecule has 0 saturated carbocycles. The van der Waals surface area contributed by atoms with Gasteiger partial charge in [0.1, 0.15) is 10.8 Å². The second kappa shape index (κ2) is 6.01. The molecule has 2 aromatic rings. The quantitative estimate of drug-likeness (QED) is 0.874. The second-order valence-electron chi connectivity index (χ2n) is 4.87. The standard InChI is InChI=1S/C16H17FN2S/c1-11-4-3-5-14(8-11)19(2)10-13-9-12(16(18)20)6-7-15(13)17/h3-9H,10H2,1-2H3,(H2,18,20). The first-order chi connectivity index (χ1) is 9.47. The van der Waals surface area contributed by atoms with Crippen LogP contribution in [0.25, 0.3) is 0 Å². The molecule has 0 amide bonds.